The smallest absolute Gasteiger partial charge is 0.274 e. The minimum atomic E-state index is -0.113. The second kappa shape index (κ2) is 10.2. The zero-order chi connectivity index (χ0) is 21.5. The molecule has 0 spiro atoms. The molecule has 0 radical (unpaired) electrons. The SMILES string of the molecule is O=C(c1cnccn1)N1CCCCC2(CO)CCN(CC2)Cc2ccccc2OCC1. The maximum absolute atomic E-state index is 13.0. The summed E-state index contributed by atoms with van der Waals surface area (Å²) in [7, 11) is 0. The summed E-state index contributed by atoms with van der Waals surface area (Å²) in [6.07, 6.45) is 9.54. The third-order valence-corrected chi connectivity index (χ3v) is 6.69. The van der Waals surface area contributed by atoms with E-state index in [2.05, 4.69) is 20.9 Å². The van der Waals surface area contributed by atoms with Crippen molar-refractivity contribution in [3.63, 3.8) is 0 Å². The molecule has 4 heterocycles. The van der Waals surface area contributed by atoms with Crippen LogP contribution in [0, 0.1) is 5.41 Å². The average Bonchev–Trinajstić information content (AvgIpc) is 2.83. The summed E-state index contributed by atoms with van der Waals surface area (Å²) in [4.78, 5) is 25.5. The summed E-state index contributed by atoms with van der Waals surface area (Å²) in [6, 6.07) is 8.15. The number of fused-ring (bicyclic) bond motifs is 9. The first-order chi connectivity index (χ1) is 15.2. The number of hydrogen-bond donors (Lipinski definition) is 1. The Bertz CT molecular complexity index is 853. The van der Waals surface area contributed by atoms with Gasteiger partial charge < -0.3 is 14.7 Å². The van der Waals surface area contributed by atoms with Crippen molar-refractivity contribution in [3.8, 4) is 5.75 Å². The van der Waals surface area contributed by atoms with Crippen molar-refractivity contribution in [1.82, 2.24) is 19.8 Å². The molecule has 166 valence electrons. The van der Waals surface area contributed by atoms with Crippen molar-refractivity contribution >= 4 is 5.91 Å². The molecule has 1 N–H and O–H groups in total. The van der Waals surface area contributed by atoms with Crippen molar-refractivity contribution in [3.05, 3.63) is 54.1 Å². The number of aromatic nitrogens is 2. The molecule has 7 heteroatoms. The van der Waals surface area contributed by atoms with E-state index in [1.165, 1.54) is 11.8 Å². The Labute approximate surface area is 184 Å². The van der Waals surface area contributed by atoms with Gasteiger partial charge in [-0.2, -0.15) is 0 Å². The Morgan fingerprint density at radius 3 is 2.68 bits per heavy atom. The van der Waals surface area contributed by atoms with Gasteiger partial charge in [0, 0.05) is 37.7 Å². The molecule has 5 rings (SSSR count). The molecular weight excluding hydrogens is 392 g/mol. The number of ether oxygens (including phenoxy) is 1. The molecule has 0 aliphatic carbocycles. The van der Waals surface area contributed by atoms with Crippen LogP contribution in [-0.2, 0) is 6.54 Å². The summed E-state index contributed by atoms with van der Waals surface area (Å²) in [5, 5.41) is 10.1. The van der Waals surface area contributed by atoms with Gasteiger partial charge in [-0.05, 0) is 50.3 Å². The van der Waals surface area contributed by atoms with E-state index in [0.717, 1.165) is 57.5 Å². The lowest BCUT2D eigenvalue weighted by molar-refractivity contribution is 0.0319. The molecule has 0 unspecified atom stereocenters. The van der Waals surface area contributed by atoms with Gasteiger partial charge in [-0.3, -0.25) is 14.7 Å². The summed E-state index contributed by atoms with van der Waals surface area (Å²) < 4.78 is 6.13. The number of benzene rings is 1. The van der Waals surface area contributed by atoms with E-state index in [0.29, 0.717) is 25.4 Å². The molecule has 3 aliphatic rings. The lowest BCUT2D eigenvalue weighted by Crippen LogP contribution is -2.41. The van der Waals surface area contributed by atoms with Crippen LogP contribution in [0.15, 0.2) is 42.9 Å². The van der Waals surface area contributed by atoms with Gasteiger partial charge in [-0.15, -0.1) is 0 Å². The van der Waals surface area contributed by atoms with Gasteiger partial charge in [0.2, 0.25) is 0 Å². The van der Waals surface area contributed by atoms with Crippen molar-refractivity contribution < 1.29 is 14.6 Å². The molecule has 1 amide bonds. The second-order valence-corrected chi connectivity index (χ2v) is 8.73. The monoisotopic (exact) mass is 424 g/mol. The lowest BCUT2D eigenvalue weighted by Gasteiger charge is -2.41. The Balaban J connectivity index is 1.53. The van der Waals surface area contributed by atoms with Crippen LogP contribution in [0.1, 0.15) is 48.2 Å². The van der Waals surface area contributed by atoms with E-state index in [-0.39, 0.29) is 17.9 Å². The molecule has 0 saturated carbocycles. The van der Waals surface area contributed by atoms with Crippen LogP contribution in [0.4, 0.5) is 0 Å². The Morgan fingerprint density at radius 2 is 1.90 bits per heavy atom. The number of amides is 1. The van der Waals surface area contributed by atoms with Gasteiger partial charge in [-0.25, -0.2) is 4.98 Å². The number of carbonyl (C=O) groups excluding carboxylic acids is 1. The highest BCUT2D eigenvalue weighted by molar-refractivity contribution is 5.91. The van der Waals surface area contributed by atoms with Crippen molar-refractivity contribution in [2.75, 3.05) is 39.4 Å². The van der Waals surface area contributed by atoms with E-state index < -0.39 is 0 Å². The number of hydrogen-bond acceptors (Lipinski definition) is 6. The van der Waals surface area contributed by atoms with Crippen LogP contribution in [0.25, 0.3) is 0 Å². The Hall–Kier alpha value is -2.51. The van der Waals surface area contributed by atoms with Gasteiger partial charge in [-0.1, -0.05) is 24.6 Å². The number of para-hydroxylation sites is 1. The zero-order valence-corrected chi connectivity index (χ0v) is 18.1. The Morgan fingerprint density at radius 1 is 1.06 bits per heavy atom. The predicted octanol–water partition coefficient (Wildman–Crippen LogP) is 2.76. The first kappa shape index (κ1) is 21.7. The van der Waals surface area contributed by atoms with E-state index >= 15 is 0 Å². The summed E-state index contributed by atoms with van der Waals surface area (Å²) in [5.41, 5.74) is 1.53. The van der Waals surface area contributed by atoms with Crippen LogP contribution in [0.3, 0.4) is 0 Å². The second-order valence-electron chi connectivity index (χ2n) is 8.73. The molecule has 2 bridgehead atoms. The molecule has 1 aromatic carbocycles. The standard InChI is InChI=1S/C24H32N4O3/c29-19-24-7-3-4-12-28(23(30)21-17-25-10-11-26-21)15-16-31-22-6-2-1-5-20(22)18-27(13-8-24)14-9-24/h1-2,5-6,10-11,17,29H,3-4,7-9,12-16,18-19H2. The van der Waals surface area contributed by atoms with Crippen molar-refractivity contribution in [2.24, 2.45) is 5.41 Å². The average molecular weight is 425 g/mol. The van der Waals surface area contributed by atoms with Crippen molar-refractivity contribution in [2.45, 2.75) is 38.6 Å². The third-order valence-electron chi connectivity index (χ3n) is 6.69. The van der Waals surface area contributed by atoms with Gasteiger partial charge in [0.15, 0.2) is 0 Å². The zero-order valence-electron chi connectivity index (χ0n) is 18.1. The minimum Gasteiger partial charge on any atom is -0.491 e. The van der Waals surface area contributed by atoms with Crippen LogP contribution in [-0.4, -0.2) is 70.2 Å². The summed E-state index contributed by atoms with van der Waals surface area (Å²) in [6.45, 7) is 4.65. The van der Waals surface area contributed by atoms with E-state index in [4.69, 9.17) is 4.74 Å². The lowest BCUT2D eigenvalue weighted by atomic mass is 9.75. The first-order valence-corrected chi connectivity index (χ1v) is 11.3. The van der Waals surface area contributed by atoms with E-state index in [1.807, 2.05) is 23.1 Å². The number of piperidine rings is 1. The fourth-order valence-electron chi connectivity index (χ4n) is 4.64. The summed E-state index contributed by atoms with van der Waals surface area (Å²) >= 11 is 0. The van der Waals surface area contributed by atoms with Gasteiger partial charge >= 0.3 is 0 Å². The highest BCUT2D eigenvalue weighted by Gasteiger charge is 2.34. The number of nitrogens with zero attached hydrogens (tertiary/aromatic N) is 4. The highest BCUT2D eigenvalue weighted by Crippen LogP contribution is 2.37. The molecule has 1 fully saturated rings. The van der Waals surface area contributed by atoms with Gasteiger partial charge in [0.05, 0.1) is 12.7 Å². The number of rotatable bonds is 2. The molecule has 3 aliphatic heterocycles. The number of aliphatic hydroxyl groups is 1. The van der Waals surface area contributed by atoms with Crippen LogP contribution in [0.2, 0.25) is 0 Å². The molecule has 7 nitrogen and oxygen atoms in total. The molecule has 1 aromatic heterocycles. The quantitative estimate of drug-likeness (QED) is 0.799. The first-order valence-electron chi connectivity index (χ1n) is 11.3. The van der Waals surface area contributed by atoms with Crippen LogP contribution >= 0.6 is 0 Å². The number of carbonyl (C=O) groups is 1. The number of aliphatic hydroxyl groups excluding tert-OH is 1. The fraction of sp³-hybridized carbons (Fsp3) is 0.542. The molecule has 1 saturated heterocycles. The fourth-order valence-corrected chi connectivity index (χ4v) is 4.64. The van der Waals surface area contributed by atoms with Gasteiger partial charge in [0.25, 0.3) is 5.91 Å². The van der Waals surface area contributed by atoms with Crippen molar-refractivity contribution in [1.29, 1.82) is 0 Å². The molecule has 0 atom stereocenters. The maximum Gasteiger partial charge on any atom is 0.274 e. The highest BCUT2D eigenvalue weighted by atomic mass is 16.5. The van der Waals surface area contributed by atoms with Crippen LogP contribution in [0.5, 0.6) is 5.75 Å². The molecule has 2 aromatic rings. The Kier molecular flexibility index (Phi) is 7.14. The third kappa shape index (κ3) is 5.40. The van der Waals surface area contributed by atoms with E-state index in [1.54, 1.807) is 12.4 Å². The van der Waals surface area contributed by atoms with Crippen LogP contribution < -0.4 is 4.74 Å². The van der Waals surface area contributed by atoms with Gasteiger partial charge in [0.1, 0.15) is 18.1 Å². The largest absolute Gasteiger partial charge is 0.491 e. The predicted molar refractivity (Wildman–Crippen MR) is 118 cm³/mol. The normalized spacial score (nSPS) is 25.1. The molecule has 31 heavy (non-hydrogen) atoms. The van der Waals surface area contributed by atoms with E-state index in [9.17, 15) is 9.90 Å². The maximum atomic E-state index is 13.0. The summed E-state index contributed by atoms with van der Waals surface area (Å²) in [5.74, 6) is 0.765. The molecular formula is C24H32N4O3. The topological polar surface area (TPSA) is 78.8 Å². The minimum absolute atomic E-state index is 0.00639.